The van der Waals surface area contributed by atoms with Crippen molar-refractivity contribution in [3.05, 3.63) is 0 Å². The normalized spacial score (nSPS) is 32.8. The van der Waals surface area contributed by atoms with E-state index in [2.05, 4.69) is 0 Å². The molecule has 10 heavy (non-hydrogen) atoms. The first-order valence-corrected chi connectivity index (χ1v) is 3.28. The van der Waals surface area contributed by atoms with Gasteiger partial charge in [-0.05, 0) is 13.3 Å². The lowest BCUT2D eigenvalue weighted by atomic mass is 10.0. The van der Waals surface area contributed by atoms with E-state index in [1.807, 2.05) is 6.92 Å². The summed E-state index contributed by atoms with van der Waals surface area (Å²) >= 11 is 0. The first-order chi connectivity index (χ1) is 4.51. The Bertz CT molecular complexity index is 156. The minimum absolute atomic E-state index is 0.307. The van der Waals surface area contributed by atoms with Gasteiger partial charge in [0, 0.05) is 18.6 Å². The molecule has 1 heterocycles. The summed E-state index contributed by atoms with van der Waals surface area (Å²) in [4.78, 5) is 11.7. The zero-order valence-electron chi connectivity index (χ0n) is 6.00. The number of rotatable bonds is 0. The number of carboxylic acid groups (broad SMARTS) is 1. The Hall–Kier alpha value is -0.770. The predicted molar refractivity (Wildman–Crippen MR) is 36.8 cm³/mol. The monoisotopic (exact) mass is 144 g/mol. The maximum absolute atomic E-state index is 10.4. The molecule has 1 aliphatic heterocycles. The molecule has 0 aromatic carbocycles. The summed E-state index contributed by atoms with van der Waals surface area (Å²) in [5.74, 6) is 0. The van der Waals surface area contributed by atoms with Crippen molar-refractivity contribution < 1.29 is 9.90 Å². The van der Waals surface area contributed by atoms with Crippen molar-refractivity contribution in [3.63, 3.8) is 0 Å². The highest BCUT2D eigenvalue weighted by atomic mass is 16.4. The van der Waals surface area contributed by atoms with Gasteiger partial charge in [0.25, 0.3) is 0 Å². The van der Waals surface area contributed by atoms with Gasteiger partial charge in [0.15, 0.2) is 0 Å². The molecular weight excluding hydrogens is 132 g/mol. The maximum Gasteiger partial charge on any atom is 0.407 e. The van der Waals surface area contributed by atoms with E-state index in [4.69, 9.17) is 10.8 Å². The summed E-state index contributed by atoms with van der Waals surface area (Å²) in [6.45, 7) is 2.90. The molecule has 0 radical (unpaired) electrons. The molecule has 1 amide bonds. The fourth-order valence-electron chi connectivity index (χ4n) is 1.15. The molecule has 4 nitrogen and oxygen atoms in total. The molecule has 1 atom stereocenters. The van der Waals surface area contributed by atoms with E-state index in [0.717, 1.165) is 6.42 Å². The molecule has 1 unspecified atom stereocenters. The second kappa shape index (κ2) is 2.12. The molecule has 1 aliphatic rings. The summed E-state index contributed by atoms with van der Waals surface area (Å²) in [7, 11) is 0. The predicted octanol–water partition coefficient (Wildman–Crippen LogP) is 0.0875. The van der Waals surface area contributed by atoms with E-state index in [0.29, 0.717) is 13.1 Å². The smallest absolute Gasteiger partial charge is 0.407 e. The molecule has 0 bridgehead atoms. The summed E-state index contributed by atoms with van der Waals surface area (Å²) in [6, 6.07) is 0. The third-order valence-electron chi connectivity index (χ3n) is 1.78. The zero-order chi connectivity index (χ0) is 7.78. The molecule has 0 spiro atoms. The molecular formula is C6H12N2O2. The van der Waals surface area contributed by atoms with Crippen LogP contribution in [0.2, 0.25) is 0 Å². The van der Waals surface area contributed by atoms with Crippen LogP contribution in [0.5, 0.6) is 0 Å². The maximum atomic E-state index is 10.4. The van der Waals surface area contributed by atoms with Crippen LogP contribution in [0, 0.1) is 0 Å². The number of hydrogen-bond acceptors (Lipinski definition) is 2. The van der Waals surface area contributed by atoms with Crippen LogP contribution in [0.15, 0.2) is 0 Å². The van der Waals surface area contributed by atoms with Crippen molar-refractivity contribution in [2.45, 2.75) is 18.9 Å². The summed E-state index contributed by atoms with van der Waals surface area (Å²) in [5, 5.41) is 8.52. The molecule has 0 saturated carbocycles. The van der Waals surface area contributed by atoms with Gasteiger partial charge in [-0.1, -0.05) is 0 Å². The fourth-order valence-corrected chi connectivity index (χ4v) is 1.15. The Morgan fingerprint density at radius 3 is 2.60 bits per heavy atom. The average Bonchev–Trinajstić information content (AvgIpc) is 2.10. The van der Waals surface area contributed by atoms with Gasteiger partial charge in [-0.15, -0.1) is 0 Å². The average molecular weight is 144 g/mol. The van der Waals surface area contributed by atoms with Crippen molar-refractivity contribution in [1.29, 1.82) is 0 Å². The third kappa shape index (κ3) is 1.39. The van der Waals surface area contributed by atoms with E-state index in [-0.39, 0.29) is 5.54 Å². The Kier molecular flexibility index (Phi) is 1.56. The molecule has 3 N–H and O–H groups in total. The lowest BCUT2D eigenvalue weighted by Gasteiger charge is -2.16. The molecule has 58 valence electrons. The molecule has 1 saturated heterocycles. The zero-order valence-corrected chi connectivity index (χ0v) is 6.00. The minimum atomic E-state index is -0.867. The van der Waals surface area contributed by atoms with Gasteiger partial charge in [0.05, 0.1) is 0 Å². The number of likely N-dealkylation sites (tertiary alicyclic amines) is 1. The van der Waals surface area contributed by atoms with E-state index in [1.165, 1.54) is 4.90 Å². The van der Waals surface area contributed by atoms with E-state index in [9.17, 15) is 4.79 Å². The van der Waals surface area contributed by atoms with Crippen LogP contribution in [-0.4, -0.2) is 34.7 Å². The quantitative estimate of drug-likeness (QED) is 0.506. The molecule has 4 heteroatoms. The lowest BCUT2D eigenvalue weighted by molar-refractivity contribution is 0.153. The summed E-state index contributed by atoms with van der Waals surface area (Å²) in [5.41, 5.74) is 5.39. The van der Waals surface area contributed by atoms with Crippen LogP contribution < -0.4 is 5.73 Å². The van der Waals surface area contributed by atoms with Gasteiger partial charge in [0.2, 0.25) is 0 Å². The van der Waals surface area contributed by atoms with Gasteiger partial charge in [-0.25, -0.2) is 4.79 Å². The first-order valence-electron chi connectivity index (χ1n) is 3.28. The Morgan fingerprint density at radius 1 is 1.80 bits per heavy atom. The van der Waals surface area contributed by atoms with Gasteiger partial charge in [0.1, 0.15) is 0 Å². The van der Waals surface area contributed by atoms with Crippen LogP contribution in [0.4, 0.5) is 4.79 Å². The minimum Gasteiger partial charge on any atom is -0.465 e. The number of carbonyl (C=O) groups is 1. The molecule has 0 aliphatic carbocycles. The second-order valence-electron chi connectivity index (χ2n) is 3.11. The van der Waals surface area contributed by atoms with Gasteiger partial charge in [-0.2, -0.15) is 0 Å². The third-order valence-corrected chi connectivity index (χ3v) is 1.78. The Morgan fingerprint density at radius 2 is 2.40 bits per heavy atom. The summed E-state index contributed by atoms with van der Waals surface area (Å²) in [6.07, 6.45) is -0.103. The van der Waals surface area contributed by atoms with Crippen LogP contribution >= 0.6 is 0 Å². The number of nitrogens with two attached hydrogens (primary N) is 1. The van der Waals surface area contributed by atoms with Crippen LogP contribution in [0.25, 0.3) is 0 Å². The summed E-state index contributed by atoms with van der Waals surface area (Å²) < 4.78 is 0. The SMILES string of the molecule is CC1(N)CCN(C(=O)O)C1. The Balaban J connectivity index is 2.51. The van der Waals surface area contributed by atoms with E-state index < -0.39 is 6.09 Å². The Labute approximate surface area is 59.6 Å². The molecule has 1 fully saturated rings. The van der Waals surface area contributed by atoms with Crippen molar-refractivity contribution >= 4 is 6.09 Å². The number of nitrogens with zero attached hydrogens (tertiary/aromatic N) is 1. The molecule has 0 aromatic heterocycles. The topological polar surface area (TPSA) is 66.6 Å². The molecule has 0 aromatic rings. The van der Waals surface area contributed by atoms with Crippen LogP contribution in [0.3, 0.4) is 0 Å². The van der Waals surface area contributed by atoms with Crippen molar-refractivity contribution in [2.24, 2.45) is 5.73 Å². The number of amides is 1. The fraction of sp³-hybridized carbons (Fsp3) is 0.833. The van der Waals surface area contributed by atoms with Gasteiger partial charge in [-0.3, -0.25) is 0 Å². The lowest BCUT2D eigenvalue weighted by Crippen LogP contribution is -2.40. The van der Waals surface area contributed by atoms with Gasteiger partial charge >= 0.3 is 6.09 Å². The number of hydrogen-bond donors (Lipinski definition) is 2. The second-order valence-corrected chi connectivity index (χ2v) is 3.11. The highest BCUT2D eigenvalue weighted by molar-refractivity contribution is 5.65. The van der Waals surface area contributed by atoms with E-state index >= 15 is 0 Å². The van der Waals surface area contributed by atoms with Crippen molar-refractivity contribution in [3.8, 4) is 0 Å². The van der Waals surface area contributed by atoms with E-state index in [1.54, 1.807) is 0 Å². The van der Waals surface area contributed by atoms with Crippen LogP contribution in [-0.2, 0) is 0 Å². The highest BCUT2D eigenvalue weighted by Crippen LogP contribution is 2.16. The standard InChI is InChI=1S/C6H12N2O2/c1-6(7)2-3-8(4-6)5(9)10/h2-4,7H2,1H3,(H,9,10). The first kappa shape index (κ1) is 7.34. The highest BCUT2D eigenvalue weighted by Gasteiger charge is 2.32. The van der Waals surface area contributed by atoms with Gasteiger partial charge < -0.3 is 15.7 Å². The largest absolute Gasteiger partial charge is 0.465 e. The molecule has 1 rings (SSSR count). The van der Waals surface area contributed by atoms with Crippen LogP contribution in [0.1, 0.15) is 13.3 Å². The van der Waals surface area contributed by atoms with Crippen molar-refractivity contribution in [2.75, 3.05) is 13.1 Å². The van der Waals surface area contributed by atoms with Crippen molar-refractivity contribution in [1.82, 2.24) is 4.90 Å².